The molecule has 1 saturated heterocycles. The Morgan fingerprint density at radius 1 is 1.06 bits per heavy atom. The van der Waals surface area contributed by atoms with E-state index in [1.165, 1.54) is 39.9 Å². The van der Waals surface area contributed by atoms with E-state index < -0.39 is 25.8 Å². The Hall–Kier alpha value is -3.11. The van der Waals surface area contributed by atoms with Crippen molar-refractivity contribution in [3.63, 3.8) is 0 Å². The van der Waals surface area contributed by atoms with Crippen molar-refractivity contribution in [3.05, 3.63) is 59.5 Å². The second kappa shape index (κ2) is 9.87. The molecule has 0 bridgehead atoms. The number of carbonyl (C=O) groups excluding carboxylic acids is 1. The number of thiazole rings is 1. The second-order valence-corrected chi connectivity index (χ2v) is 12.9. The normalized spacial score (nSPS) is 15.4. The van der Waals surface area contributed by atoms with Gasteiger partial charge in [0.25, 0.3) is 0 Å². The highest BCUT2D eigenvalue weighted by Gasteiger charge is 2.34. The van der Waals surface area contributed by atoms with Gasteiger partial charge in [0.1, 0.15) is 4.90 Å². The number of nitrogens with zero attached hydrogens (tertiary/aromatic N) is 3. The number of rotatable bonds is 6. The molecule has 3 aromatic rings. The van der Waals surface area contributed by atoms with E-state index in [0.717, 1.165) is 11.8 Å². The summed E-state index contributed by atoms with van der Waals surface area (Å²) in [7, 11) is -7.75. The quantitative estimate of drug-likeness (QED) is 0.517. The van der Waals surface area contributed by atoms with Crippen molar-refractivity contribution in [2.45, 2.75) is 22.6 Å². The lowest BCUT2D eigenvalue weighted by Gasteiger charge is -2.30. The molecule has 2 heterocycles. The summed E-state index contributed by atoms with van der Waals surface area (Å²) in [5, 5.41) is 14.0. The minimum atomic E-state index is -4.02. The van der Waals surface area contributed by atoms with E-state index in [4.69, 9.17) is 5.26 Å². The van der Waals surface area contributed by atoms with Gasteiger partial charge >= 0.3 is 0 Å². The number of piperidine rings is 1. The van der Waals surface area contributed by atoms with Crippen molar-refractivity contribution in [3.8, 4) is 17.3 Å². The minimum absolute atomic E-state index is 0.104. The number of benzene rings is 2. The van der Waals surface area contributed by atoms with Crippen molar-refractivity contribution < 1.29 is 21.6 Å². The van der Waals surface area contributed by atoms with Crippen LogP contribution < -0.4 is 5.32 Å². The zero-order valence-corrected chi connectivity index (χ0v) is 21.2. The molecule has 4 rings (SSSR count). The first-order valence-corrected chi connectivity index (χ1v) is 14.9. The van der Waals surface area contributed by atoms with Gasteiger partial charge in [-0.25, -0.2) is 21.8 Å². The van der Waals surface area contributed by atoms with Crippen LogP contribution in [0.4, 0.5) is 5.13 Å². The number of anilines is 1. The molecule has 1 N–H and O–H groups in total. The fourth-order valence-corrected chi connectivity index (χ4v) is 7.65. The number of aromatic nitrogens is 1. The molecule has 0 aliphatic carbocycles. The number of nitrogens with one attached hydrogen (secondary N) is 1. The molecule has 2 aromatic carbocycles. The molecule has 0 unspecified atom stereocenters. The van der Waals surface area contributed by atoms with Gasteiger partial charge in [0, 0.05) is 36.2 Å². The van der Waals surface area contributed by atoms with E-state index in [1.54, 1.807) is 24.3 Å². The van der Waals surface area contributed by atoms with Crippen molar-refractivity contribution in [2.75, 3.05) is 24.7 Å². The summed E-state index contributed by atoms with van der Waals surface area (Å²) in [5.41, 5.74) is 2.06. The van der Waals surface area contributed by atoms with Gasteiger partial charge in [-0.3, -0.25) is 4.79 Å². The molecular weight excluding hydrogens is 508 g/mol. The van der Waals surface area contributed by atoms with Crippen LogP contribution in [0.15, 0.2) is 63.7 Å². The topological polar surface area (TPSA) is 137 Å². The second-order valence-electron chi connectivity index (χ2n) is 8.11. The summed E-state index contributed by atoms with van der Waals surface area (Å²) in [6.45, 7) is 0.208. The van der Waals surface area contributed by atoms with Crippen molar-refractivity contribution >= 4 is 42.2 Å². The van der Waals surface area contributed by atoms with Gasteiger partial charge in [-0.1, -0.05) is 24.3 Å². The van der Waals surface area contributed by atoms with Gasteiger partial charge in [-0.2, -0.15) is 9.57 Å². The number of hydrogen-bond acceptors (Lipinski definition) is 8. The van der Waals surface area contributed by atoms with E-state index in [1.807, 2.05) is 5.38 Å². The number of nitriles is 1. The first-order valence-electron chi connectivity index (χ1n) is 10.7. The Bertz CT molecular complexity index is 1500. The minimum Gasteiger partial charge on any atom is -0.302 e. The number of hydrogen-bond donors (Lipinski definition) is 1. The molecule has 0 atom stereocenters. The zero-order chi connectivity index (χ0) is 25.2. The molecular formula is C23H22N4O5S3. The predicted molar refractivity (Wildman–Crippen MR) is 132 cm³/mol. The van der Waals surface area contributed by atoms with E-state index in [-0.39, 0.29) is 28.8 Å². The van der Waals surface area contributed by atoms with Crippen LogP contribution in [0, 0.1) is 17.2 Å². The summed E-state index contributed by atoms with van der Waals surface area (Å²) in [5.74, 6) is -0.631. The lowest BCUT2D eigenvalue weighted by Crippen LogP contribution is -2.41. The highest BCUT2D eigenvalue weighted by Crippen LogP contribution is 2.30. The lowest BCUT2D eigenvalue weighted by atomic mass is 9.97. The average Bonchev–Trinajstić information content (AvgIpc) is 3.32. The third-order valence-corrected chi connectivity index (χ3v) is 9.73. The summed E-state index contributed by atoms with van der Waals surface area (Å²) in [6, 6.07) is 14.6. The molecule has 0 spiro atoms. The number of sulfonamides is 1. The Morgan fingerprint density at radius 3 is 2.29 bits per heavy atom. The number of amides is 1. The molecule has 0 radical (unpaired) electrons. The molecule has 35 heavy (non-hydrogen) atoms. The third kappa shape index (κ3) is 5.43. The van der Waals surface area contributed by atoms with Crippen molar-refractivity contribution in [1.29, 1.82) is 5.26 Å². The van der Waals surface area contributed by atoms with Gasteiger partial charge < -0.3 is 5.32 Å². The Morgan fingerprint density at radius 2 is 1.69 bits per heavy atom. The first kappa shape index (κ1) is 25.0. The maximum atomic E-state index is 13.1. The van der Waals surface area contributed by atoms with E-state index in [0.29, 0.717) is 29.2 Å². The van der Waals surface area contributed by atoms with Crippen LogP contribution in [0.25, 0.3) is 11.3 Å². The van der Waals surface area contributed by atoms with E-state index in [2.05, 4.69) is 16.4 Å². The fraction of sp³-hybridized carbons (Fsp3) is 0.261. The van der Waals surface area contributed by atoms with Gasteiger partial charge in [-0.15, -0.1) is 11.3 Å². The maximum Gasteiger partial charge on any atom is 0.244 e. The summed E-state index contributed by atoms with van der Waals surface area (Å²) in [4.78, 5) is 16.7. The van der Waals surface area contributed by atoms with Crippen LogP contribution in [0.1, 0.15) is 18.4 Å². The predicted octanol–water partition coefficient (Wildman–Crippen LogP) is 3.12. The average molecular weight is 531 g/mol. The molecule has 1 aliphatic rings. The van der Waals surface area contributed by atoms with E-state index >= 15 is 0 Å². The standard InChI is InChI=1S/C23H22N4O5S3/c1-34(29,30)20-4-2-3-5-21(20)35(31,32)27-12-10-18(11-13-27)22(28)26-23-25-19(15-33-23)17-8-6-16(14-24)7-9-17/h2-9,15,18H,10-13H2,1H3,(H,25,26,28). The fourth-order valence-electron chi connectivity index (χ4n) is 3.85. The van der Waals surface area contributed by atoms with Gasteiger partial charge in [0.05, 0.1) is 22.2 Å². The molecule has 1 fully saturated rings. The number of sulfone groups is 1. The molecule has 1 aliphatic heterocycles. The van der Waals surface area contributed by atoms with Gasteiger partial charge in [-0.05, 0) is 37.1 Å². The lowest BCUT2D eigenvalue weighted by molar-refractivity contribution is -0.120. The van der Waals surface area contributed by atoms with Crippen molar-refractivity contribution in [2.24, 2.45) is 5.92 Å². The first-order chi connectivity index (χ1) is 16.6. The summed E-state index contributed by atoms with van der Waals surface area (Å²) < 4.78 is 51.6. The highest BCUT2D eigenvalue weighted by atomic mass is 32.2. The zero-order valence-electron chi connectivity index (χ0n) is 18.7. The van der Waals surface area contributed by atoms with Crippen LogP contribution in [-0.4, -0.2) is 51.4 Å². The Labute approximate surface area is 208 Å². The monoisotopic (exact) mass is 530 g/mol. The molecule has 9 nitrogen and oxygen atoms in total. The summed E-state index contributed by atoms with van der Waals surface area (Å²) >= 11 is 1.28. The van der Waals surface area contributed by atoms with Gasteiger partial charge in [0.2, 0.25) is 15.9 Å². The molecule has 0 saturated carbocycles. The Kier molecular flexibility index (Phi) is 7.05. The van der Waals surface area contributed by atoms with Crippen LogP contribution in [0.3, 0.4) is 0 Å². The SMILES string of the molecule is CS(=O)(=O)c1ccccc1S(=O)(=O)N1CCC(C(=O)Nc2nc(-c3ccc(C#N)cc3)cs2)CC1. The summed E-state index contributed by atoms with van der Waals surface area (Å²) in [6.07, 6.45) is 1.59. The molecule has 182 valence electrons. The van der Waals surface area contributed by atoms with Crippen LogP contribution in [0.2, 0.25) is 0 Å². The number of carbonyl (C=O) groups is 1. The highest BCUT2D eigenvalue weighted by molar-refractivity contribution is 7.93. The molecule has 1 aromatic heterocycles. The van der Waals surface area contributed by atoms with Crippen LogP contribution in [-0.2, 0) is 24.7 Å². The third-order valence-electron chi connectivity index (χ3n) is 5.74. The van der Waals surface area contributed by atoms with Crippen LogP contribution >= 0.6 is 11.3 Å². The smallest absolute Gasteiger partial charge is 0.244 e. The van der Waals surface area contributed by atoms with Gasteiger partial charge in [0.15, 0.2) is 15.0 Å². The Balaban J connectivity index is 1.40. The van der Waals surface area contributed by atoms with Crippen LogP contribution in [0.5, 0.6) is 0 Å². The van der Waals surface area contributed by atoms with Crippen molar-refractivity contribution in [1.82, 2.24) is 9.29 Å². The molecule has 1 amide bonds. The van der Waals surface area contributed by atoms with E-state index in [9.17, 15) is 21.6 Å². The maximum absolute atomic E-state index is 13.1. The molecule has 12 heteroatoms. The largest absolute Gasteiger partial charge is 0.302 e.